The number of nitrogens with zero attached hydrogens (tertiary/aromatic N) is 2. The Kier molecular flexibility index (Phi) is 7.87. The summed E-state index contributed by atoms with van der Waals surface area (Å²) in [6.07, 6.45) is 1.96. The normalized spacial score (nSPS) is 15.7. The van der Waals surface area contributed by atoms with Gasteiger partial charge in [0, 0.05) is 50.3 Å². The summed E-state index contributed by atoms with van der Waals surface area (Å²) in [6.45, 7) is 3.44. The fourth-order valence-corrected chi connectivity index (χ4v) is 4.22. The average molecular weight is 481 g/mol. The Bertz CT molecular complexity index is 1100. The van der Waals surface area contributed by atoms with Gasteiger partial charge in [0.15, 0.2) is 0 Å². The van der Waals surface area contributed by atoms with Gasteiger partial charge in [0.25, 0.3) is 5.91 Å². The van der Waals surface area contributed by atoms with Crippen LogP contribution in [-0.2, 0) is 16.0 Å². The number of likely N-dealkylation sites (N-methyl/N-ethyl adjacent to an activating group) is 1. The number of hydrogen-bond donors (Lipinski definition) is 2. The van der Waals surface area contributed by atoms with Crippen LogP contribution in [0.25, 0.3) is 0 Å². The third-order valence-corrected chi connectivity index (χ3v) is 6.30. The highest BCUT2D eigenvalue weighted by molar-refractivity contribution is 5.98. The van der Waals surface area contributed by atoms with Gasteiger partial charge < -0.3 is 29.9 Å². The van der Waals surface area contributed by atoms with Crippen LogP contribution in [0.1, 0.15) is 35.2 Å². The molecule has 2 heterocycles. The summed E-state index contributed by atoms with van der Waals surface area (Å²) in [4.78, 5) is 41.0. The van der Waals surface area contributed by atoms with E-state index in [9.17, 15) is 14.4 Å². The minimum atomic E-state index is -0.177. The van der Waals surface area contributed by atoms with Crippen molar-refractivity contribution in [2.75, 3.05) is 57.6 Å². The molecule has 0 atom stereocenters. The first-order chi connectivity index (χ1) is 16.9. The lowest BCUT2D eigenvalue weighted by Crippen LogP contribution is -2.47. The van der Waals surface area contributed by atoms with Gasteiger partial charge >= 0.3 is 0 Å². The van der Waals surface area contributed by atoms with Gasteiger partial charge in [0.05, 0.1) is 19.4 Å². The number of ether oxygens (including phenoxy) is 2. The zero-order valence-corrected chi connectivity index (χ0v) is 20.3. The van der Waals surface area contributed by atoms with Crippen molar-refractivity contribution in [1.82, 2.24) is 9.80 Å². The van der Waals surface area contributed by atoms with Gasteiger partial charge in [-0.15, -0.1) is 0 Å². The Morgan fingerprint density at radius 3 is 2.63 bits per heavy atom. The van der Waals surface area contributed by atoms with E-state index in [0.29, 0.717) is 56.0 Å². The number of methoxy groups -OCH3 is 1. The summed E-state index contributed by atoms with van der Waals surface area (Å²) in [5, 5.41) is 5.72. The van der Waals surface area contributed by atoms with Crippen molar-refractivity contribution in [2.45, 2.75) is 25.7 Å². The van der Waals surface area contributed by atoms with Crippen molar-refractivity contribution in [3.05, 3.63) is 47.5 Å². The summed E-state index contributed by atoms with van der Waals surface area (Å²) in [6, 6.07) is 10.7. The molecule has 2 N–H and O–H groups in total. The van der Waals surface area contributed by atoms with Crippen LogP contribution < -0.4 is 20.1 Å². The van der Waals surface area contributed by atoms with E-state index in [1.165, 1.54) is 7.11 Å². The van der Waals surface area contributed by atoms with Crippen molar-refractivity contribution in [1.29, 1.82) is 0 Å². The monoisotopic (exact) mass is 480 g/mol. The first-order valence-corrected chi connectivity index (χ1v) is 11.9. The summed E-state index contributed by atoms with van der Waals surface area (Å²) in [5.41, 5.74) is 2.89. The maximum Gasteiger partial charge on any atom is 0.254 e. The molecule has 2 aromatic carbocycles. The number of aryl methyl sites for hydroxylation is 1. The van der Waals surface area contributed by atoms with E-state index >= 15 is 0 Å². The standard InChI is InChI=1S/C26H32N4O5/c1-29-11-13-30(14-12-29)26(33)19-5-9-23(34-2)22(17-19)28-24(31)4-3-15-35-20-7-8-21-18(16-20)6-10-25(32)27-21/h5,7-9,16-17H,3-4,6,10-15H2,1-2H3,(H,27,32)(H,28,31). The van der Waals surface area contributed by atoms with E-state index in [4.69, 9.17) is 9.47 Å². The summed E-state index contributed by atoms with van der Waals surface area (Å²) >= 11 is 0. The fraction of sp³-hybridized carbons (Fsp3) is 0.423. The predicted octanol–water partition coefficient (Wildman–Crippen LogP) is 2.77. The minimum absolute atomic E-state index is 0.0306. The van der Waals surface area contributed by atoms with Crippen LogP contribution in [0.3, 0.4) is 0 Å². The summed E-state index contributed by atoms with van der Waals surface area (Å²) in [5.74, 6) is 1.03. The molecule has 9 heteroatoms. The van der Waals surface area contributed by atoms with Gasteiger partial charge in [0.1, 0.15) is 11.5 Å². The van der Waals surface area contributed by atoms with Crippen molar-refractivity contribution < 1.29 is 23.9 Å². The molecule has 2 aliphatic rings. The highest BCUT2D eigenvalue weighted by Crippen LogP contribution is 2.28. The Morgan fingerprint density at radius 2 is 1.86 bits per heavy atom. The molecule has 0 bridgehead atoms. The third-order valence-electron chi connectivity index (χ3n) is 6.30. The van der Waals surface area contributed by atoms with Gasteiger partial charge in [-0.05, 0) is 61.9 Å². The maximum atomic E-state index is 12.9. The summed E-state index contributed by atoms with van der Waals surface area (Å²) in [7, 11) is 3.58. The van der Waals surface area contributed by atoms with E-state index in [1.807, 2.05) is 30.1 Å². The quantitative estimate of drug-likeness (QED) is 0.564. The molecule has 0 saturated carbocycles. The number of anilines is 2. The lowest BCUT2D eigenvalue weighted by atomic mass is 10.0. The lowest BCUT2D eigenvalue weighted by molar-refractivity contribution is -0.117. The van der Waals surface area contributed by atoms with Crippen molar-refractivity contribution >= 4 is 29.1 Å². The van der Waals surface area contributed by atoms with E-state index in [1.54, 1.807) is 18.2 Å². The number of carbonyl (C=O) groups excluding carboxylic acids is 3. The molecule has 4 rings (SSSR count). The molecule has 0 unspecified atom stereocenters. The molecule has 0 radical (unpaired) electrons. The number of nitrogens with one attached hydrogen (secondary N) is 2. The number of piperazine rings is 1. The third kappa shape index (κ3) is 6.30. The van der Waals surface area contributed by atoms with Crippen LogP contribution in [-0.4, -0.2) is 74.5 Å². The van der Waals surface area contributed by atoms with Crippen LogP contribution >= 0.6 is 0 Å². The van der Waals surface area contributed by atoms with E-state index in [0.717, 1.165) is 30.1 Å². The predicted molar refractivity (Wildman–Crippen MR) is 133 cm³/mol. The topological polar surface area (TPSA) is 100 Å². The first kappa shape index (κ1) is 24.5. The molecule has 0 spiro atoms. The highest BCUT2D eigenvalue weighted by atomic mass is 16.5. The van der Waals surface area contributed by atoms with Crippen molar-refractivity contribution in [3.63, 3.8) is 0 Å². The Balaban J connectivity index is 1.28. The van der Waals surface area contributed by atoms with Gasteiger partial charge in [-0.2, -0.15) is 0 Å². The minimum Gasteiger partial charge on any atom is -0.495 e. The van der Waals surface area contributed by atoms with Crippen LogP contribution in [0.2, 0.25) is 0 Å². The lowest BCUT2D eigenvalue weighted by Gasteiger charge is -2.32. The maximum absolute atomic E-state index is 12.9. The molecule has 0 aliphatic carbocycles. The number of amides is 3. The first-order valence-electron chi connectivity index (χ1n) is 11.9. The molecule has 3 amide bonds. The molecule has 9 nitrogen and oxygen atoms in total. The van der Waals surface area contributed by atoms with E-state index in [-0.39, 0.29) is 24.1 Å². The van der Waals surface area contributed by atoms with Gasteiger partial charge in [-0.25, -0.2) is 0 Å². The number of fused-ring (bicyclic) bond motifs is 1. The number of benzene rings is 2. The van der Waals surface area contributed by atoms with Crippen LogP contribution in [0, 0.1) is 0 Å². The molecule has 1 fully saturated rings. The van der Waals surface area contributed by atoms with Crippen LogP contribution in [0.4, 0.5) is 11.4 Å². The molecule has 1 saturated heterocycles. The number of rotatable bonds is 8. The van der Waals surface area contributed by atoms with Gasteiger partial charge in [-0.3, -0.25) is 14.4 Å². The van der Waals surface area contributed by atoms with Crippen molar-refractivity contribution in [2.24, 2.45) is 0 Å². The smallest absolute Gasteiger partial charge is 0.254 e. The number of carbonyl (C=O) groups is 3. The highest BCUT2D eigenvalue weighted by Gasteiger charge is 2.22. The SMILES string of the molecule is COc1ccc(C(=O)N2CCN(C)CC2)cc1NC(=O)CCCOc1ccc2c(c1)CCC(=O)N2. The zero-order chi connectivity index (χ0) is 24.8. The second-order valence-corrected chi connectivity index (χ2v) is 8.88. The second-order valence-electron chi connectivity index (χ2n) is 8.88. The largest absolute Gasteiger partial charge is 0.495 e. The zero-order valence-electron chi connectivity index (χ0n) is 20.3. The van der Waals surface area contributed by atoms with Gasteiger partial charge in [-0.1, -0.05) is 0 Å². The molecule has 2 aromatic rings. The second kappa shape index (κ2) is 11.2. The average Bonchev–Trinajstić information content (AvgIpc) is 2.86. The Hall–Kier alpha value is -3.59. The van der Waals surface area contributed by atoms with E-state index in [2.05, 4.69) is 15.5 Å². The molecular weight excluding hydrogens is 448 g/mol. The molecule has 0 aromatic heterocycles. The number of hydrogen-bond acceptors (Lipinski definition) is 6. The van der Waals surface area contributed by atoms with Crippen LogP contribution in [0.5, 0.6) is 11.5 Å². The fourth-order valence-electron chi connectivity index (χ4n) is 4.22. The molecular formula is C26H32N4O5. The molecule has 35 heavy (non-hydrogen) atoms. The summed E-state index contributed by atoms with van der Waals surface area (Å²) < 4.78 is 11.2. The van der Waals surface area contributed by atoms with E-state index < -0.39 is 0 Å². The Morgan fingerprint density at radius 1 is 1.06 bits per heavy atom. The van der Waals surface area contributed by atoms with Gasteiger partial charge in [0.2, 0.25) is 11.8 Å². The molecule has 2 aliphatic heterocycles. The van der Waals surface area contributed by atoms with Crippen molar-refractivity contribution in [3.8, 4) is 11.5 Å². The Labute approximate surface area is 205 Å². The molecule has 186 valence electrons. The van der Waals surface area contributed by atoms with Crippen LogP contribution in [0.15, 0.2) is 36.4 Å².